The van der Waals surface area contributed by atoms with Crippen molar-refractivity contribution < 1.29 is 0 Å². The normalized spacial score (nSPS) is 23.8. The van der Waals surface area contributed by atoms with E-state index in [4.69, 9.17) is 5.73 Å². The molecule has 0 aromatic carbocycles. The standard InChI is InChI=1S/C13H21N5.HI/c14-13(16-10-3-1-2-4-10)17-11-5-7-18-8-6-15-12(18)9-11;/h6,8,10-11H,1-5,7,9H2,(H3,14,16,17);1H. The predicted molar refractivity (Wildman–Crippen MR) is 86.8 cm³/mol. The topological polar surface area (TPSA) is 68.2 Å². The van der Waals surface area contributed by atoms with Crippen molar-refractivity contribution in [2.45, 2.75) is 57.2 Å². The Hall–Kier alpha value is -0.790. The number of hydrogen-bond acceptors (Lipinski definition) is 2. The molecule has 0 radical (unpaired) electrons. The summed E-state index contributed by atoms with van der Waals surface area (Å²) < 4.78 is 2.21. The molecule has 2 aliphatic rings. The van der Waals surface area contributed by atoms with Crippen LogP contribution in [0, 0.1) is 0 Å². The average Bonchev–Trinajstić information content (AvgIpc) is 2.98. The zero-order chi connectivity index (χ0) is 12.4. The lowest BCUT2D eigenvalue weighted by molar-refractivity contribution is 0.433. The van der Waals surface area contributed by atoms with E-state index in [0.717, 1.165) is 25.2 Å². The van der Waals surface area contributed by atoms with Crippen LogP contribution < -0.4 is 11.1 Å². The average molecular weight is 375 g/mol. The van der Waals surface area contributed by atoms with Crippen LogP contribution in [0.4, 0.5) is 0 Å². The first-order valence-electron chi connectivity index (χ1n) is 6.91. The molecule has 106 valence electrons. The second kappa shape index (κ2) is 6.58. The van der Waals surface area contributed by atoms with Gasteiger partial charge >= 0.3 is 0 Å². The maximum absolute atomic E-state index is 5.99. The van der Waals surface area contributed by atoms with Gasteiger partial charge in [0.1, 0.15) is 5.82 Å². The van der Waals surface area contributed by atoms with Gasteiger partial charge < -0.3 is 15.6 Å². The number of imidazole rings is 1. The summed E-state index contributed by atoms with van der Waals surface area (Å²) in [4.78, 5) is 8.93. The van der Waals surface area contributed by atoms with Crippen molar-refractivity contribution in [3.8, 4) is 0 Å². The molecule has 0 amide bonds. The van der Waals surface area contributed by atoms with E-state index in [1.165, 1.54) is 25.7 Å². The van der Waals surface area contributed by atoms with Crippen LogP contribution in [0.15, 0.2) is 17.4 Å². The molecule has 5 nitrogen and oxygen atoms in total. The zero-order valence-corrected chi connectivity index (χ0v) is 13.4. The van der Waals surface area contributed by atoms with Crippen molar-refractivity contribution >= 4 is 29.9 Å². The maximum Gasteiger partial charge on any atom is 0.189 e. The lowest BCUT2D eigenvalue weighted by Gasteiger charge is -2.25. The van der Waals surface area contributed by atoms with Gasteiger partial charge in [-0.25, -0.2) is 4.98 Å². The fraction of sp³-hybridized carbons (Fsp3) is 0.692. The van der Waals surface area contributed by atoms with Crippen molar-refractivity contribution in [2.75, 3.05) is 0 Å². The van der Waals surface area contributed by atoms with Gasteiger partial charge in [-0.3, -0.25) is 4.99 Å². The molecule has 1 aromatic rings. The number of aliphatic imine (C=N–C) groups is 1. The molecule has 19 heavy (non-hydrogen) atoms. The van der Waals surface area contributed by atoms with Gasteiger partial charge in [0.15, 0.2) is 5.96 Å². The van der Waals surface area contributed by atoms with Crippen molar-refractivity contribution in [1.82, 2.24) is 14.9 Å². The van der Waals surface area contributed by atoms with Crippen LogP contribution in [0.1, 0.15) is 37.9 Å². The van der Waals surface area contributed by atoms with Crippen LogP contribution in [0.25, 0.3) is 0 Å². The second-order valence-electron chi connectivity index (χ2n) is 5.32. The molecule has 1 aliphatic carbocycles. The number of nitrogens with zero attached hydrogens (tertiary/aromatic N) is 3. The Kier molecular flexibility index (Phi) is 5.06. The van der Waals surface area contributed by atoms with Gasteiger partial charge in [0.2, 0.25) is 0 Å². The summed E-state index contributed by atoms with van der Waals surface area (Å²) in [5.41, 5.74) is 5.99. The number of nitrogens with two attached hydrogens (primary N) is 1. The van der Waals surface area contributed by atoms with Crippen LogP contribution in [-0.2, 0) is 13.0 Å². The van der Waals surface area contributed by atoms with Gasteiger partial charge in [0.05, 0.1) is 6.04 Å². The minimum Gasteiger partial charge on any atom is -0.370 e. The van der Waals surface area contributed by atoms with Crippen LogP contribution in [0.3, 0.4) is 0 Å². The Morgan fingerprint density at radius 1 is 1.37 bits per heavy atom. The lowest BCUT2D eigenvalue weighted by atomic mass is 10.1. The van der Waals surface area contributed by atoms with E-state index < -0.39 is 0 Å². The van der Waals surface area contributed by atoms with Crippen LogP contribution in [-0.4, -0.2) is 27.6 Å². The van der Waals surface area contributed by atoms with E-state index >= 15 is 0 Å². The van der Waals surface area contributed by atoms with E-state index in [1.807, 2.05) is 12.4 Å². The molecule has 0 saturated heterocycles. The SMILES string of the molecule is I.NC(=NC1CCCC1)NC1CCn2ccnc2C1. The van der Waals surface area contributed by atoms with Gasteiger partial charge in [-0.05, 0) is 19.3 Å². The largest absolute Gasteiger partial charge is 0.370 e. The minimum atomic E-state index is 0. The minimum absolute atomic E-state index is 0. The highest BCUT2D eigenvalue weighted by Crippen LogP contribution is 2.20. The monoisotopic (exact) mass is 375 g/mol. The molecular formula is C13H22IN5. The van der Waals surface area contributed by atoms with Gasteiger partial charge in [-0.2, -0.15) is 0 Å². The molecule has 0 spiro atoms. The molecule has 1 unspecified atom stereocenters. The quantitative estimate of drug-likeness (QED) is 0.469. The first-order valence-corrected chi connectivity index (χ1v) is 6.91. The Morgan fingerprint density at radius 3 is 2.95 bits per heavy atom. The first-order chi connectivity index (χ1) is 8.81. The number of nitrogens with one attached hydrogen (secondary N) is 1. The molecule has 1 fully saturated rings. The maximum atomic E-state index is 5.99. The molecule has 3 rings (SSSR count). The number of halogens is 1. The Labute approximate surface area is 131 Å². The fourth-order valence-corrected chi connectivity index (χ4v) is 2.95. The summed E-state index contributed by atoms with van der Waals surface area (Å²) in [5.74, 6) is 1.76. The smallest absolute Gasteiger partial charge is 0.189 e. The van der Waals surface area contributed by atoms with E-state index in [1.54, 1.807) is 0 Å². The number of fused-ring (bicyclic) bond motifs is 1. The third kappa shape index (κ3) is 3.61. The summed E-state index contributed by atoms with van der Waals surface area (Å²) in [7, 11) is 0. The van der Waals surface area contributed by atoms with Crippen LogP contribution >= 0.6 is 24.0 Å². The van der Waals surface area contributed by atoms with E-state index in [9.17, 15) is 0 Å². The molecule has 1 saturated carbocycles. The van der Waals surface area contributed by atoms with Crippen molar-refractivity contribution in [2.24, 2.45) is 10.7 Å². The van der Waals surface area contributed by atoms with Gasteiger partial charge in [-0.1, -0.05) is 12.8 Å². The summed E-state index contributed by atoms with van der Waals surface area (Å²) in [6.45, 7) is 1.02. The molecule has 3 N–H and O–H groups in total. The number of aryl methyl sites for hydroxylation is 1. The number of aromatic nitrogens is 2. The zero-order valence-electron chi connectivity index (χ0n) is 11.1. The Balaban J connectivity index is 0.00000133. The summed E-state index contributed by atoms with van der Waals surface area (Å²) in [5, 5.41) is 3.35. The summed E-state index contributed by atoms with van der Waals surface area (Å²) in [6.07, 6.45) is 10.9. The number of rotatable bonds is 2. The molecule has 6 heteroatoms. The molecular weight excluding hydrogens is 353 g/mol. The molecule has 1 atom stereocenters. The number of guanidine groups is 1. The van der Waals surface area contributed by atoms with Crippen LogP contribution in [0.2, 0.25) is 0 Å². The Bertz CT molecular complexity index is 436. The number of hydrogen-bond donors (Lipinski definition) is 2. The predicted octanol–water partition coefficient (Wildman–Crippen LogP) is 1.66. The van der Waals surface area contributed by atoms with E-state index in [2.05, 4.69) is 19.9 Å². The van der Waals surface area contributed by atoms with Gasteiger partial charge in [0, 0.05) is 31.4 Å². The van der Waals surface area contributed by atoms with Crippen molar-refractivity contribution in [3.05, 3.63) is 18.2 Å². The molecule has 0 bridgehead atoms. The third-order valence-corrected chi connectivity index (χ3v) is 3.95. The summed E-state index contributed by atoms with van der Waals surface area (Å²) >= 11 is 0. The van der Waals surface area contributed by atoms with Gasteiger partial charge in [0.25, 0.3) is 0 Å². The fourth-order valence-electron chi connectivity index (χ4n) is 2.95. The highest BCUT2D eigenvalue weighted by molar-refractivity contribution is 14.0. The third-order valence-electron chi connectivity index (χ3n) is 3.95. The summed E-state index contributed by atoms with van der Waals surface area (Å²) in [6, 6.07) is 0.827. The van der Waals surface area contributed by atoms with Crippen molar-refractivity contribution in [1.29, 1.82) is 0 Å². The molecule has 1 aromatic heterocycles. The molecule has 1 aliphatic heterocycles. The highest BCUT2D eigenvalue weighted by atomic mass is 127. The molecule has 2 heterocycles. The highest BCUT2D eigenvalue weighted by Gasteiger charge is 2.20. The Morgan fingerprint density at radius 2 is 2.16 bits per heavy atom. The first kappa shape index (κ1) is 14.6. The van der Waals surface area contributed by atoms with E-state index in [-0.39, 0.29) is 24.0 Å². The van der Waals surface area contributed by atoms with Crippen LogP contribution in [0.5, 0.6) is 0 Å². The van der Waals surface area contributed by atoms with Crippen molar-refractivity contribution in [3.63, 3.8) is 0 Å². The lowest BCUT2D eigenvalue weighted by Crippen LogP contribution is -2.44. The van der Waals surface area contributed by atoms with Gasteiger partial charge in [-0.15, -0.1) is 24.0 Å². The second-order valence-corrected chi connectivity index (χ2v) is 5.32. The van der Waals surface area contributed by atoms with E-state index in [0.29, 0.717) is 18.0 Å².